The molecule has 3 aromatic rings. The van der Waals surface area contributed by atoms with Crippen molar-refractivity contribution in [3.63, 3.8) is 0 Å². The number of carbonyl (C=O) groups is 1. The fourth-order valence-electron chi connectivity index (χ4n) is 1.74. The van der Waals surface area contributed by atoms with Gasteiger partial charge in [0.2, 0.25) is 0 Å². The van der Waals surface area contributed by atoms with E-state index < -0.39 is 5.97 Å². The first-order chi connectivity index (χ1) is 9.67. The second-order valence-electron chi connectivity index (χ2n) is 3.93. The summed E-state index contributed by atoms with van der Waals surface area (Å²) in [5.41, 5.74) is 0.901. The monoisotopic (exact) mass is 324 g/mol. The Kier molecular flexibility index (Phi) is 3.60. The minimum atomic E-state index is -0.478. The summed E-state index contributed by atoms with van der Waals surface area (Å²) >= 11 is 8.78. The van der Waals surface area contributed by atoms with Gasteiger partial charge in [-0.3, -0.25) is 0 Å². The molecule has 1 aromatic carbocycles. The molecule has 0 unspecified atom stereocenters. The maximum atomic E-state index is 11.5. The smallest absolute Gasteiger partial charge is 0.351 e. The maximum absolute atomic E-state index is 11.5. The van der Waals surface area contributed by atoms with Gasteiger partial charge in [-0.25, -0.2) is 9.78 Å². The molecule has 7 heteroatoms. The highest BCUT2D eigenvalue weighted by Crippen LogP contribution is 2.31. The van der Waals surface area contributed by atoms with Gasteiger partial charge < -0.3 is 10.1 Å². The SMILES string of the molecule is COC(=O)c1sc(Nc2ccc3sccc3c2)nc1Cl. The van der Waals surface area contributed by atoms with Crippen LogP contribution in [0.4, 0.5) is 10.8 Å². The second-order valence-corrected chi connectivity index (χ2v) is 6.23. The Balaban J connectivity index is 1.88. The number of nitrogens with one attached hydrogen (secondary N) is 1. The Morgan fingerprint density at radius 2 is 2.25 bits per heavy atom. The highest BCUT2D eigenvalue weighted by molar-refractivity contribution is 7.18. The van der Waals surface area contributed by atoms with E-state index in [2.05, 4.69) is 21.1 Å². The molecule has 4 nitrogen and oxygen atoms in total. The number of benzene rings is 1. The van der Waals surface area contributed by atoms with Gasteiger partial charge in [0.15, 0.2) is 15.2 Å². The number of nitrogens with zero attached hydrogens (tertiary/aromatic N) is 1. The molecule has 0 amide bonds. The number of ether oxygens (including phenoxy) is 1. The largest absolute Gasteiger partial charge is 0.465 e. The maximum Gasteiger partial charge on any atom is 0.351 e. The molecular weight excluding hydrogens is 316 g/mol. The van der Waals surface area contributed by atoms with E-state index in [-0.39, 0.29) is 5.15 Å². The van der Waals surface area contributed by atoms with Gasteiger partial charge in [-0.1, -0.05) is 22.9 Å². The molecule has 3 rings (SSSR count). The summed E-state index contributed by atoms with van der Waals surface area (Å²) < 4.78 is 5.87. The first-order valence-electron chi connectivity index (χ1n) is 5.66. The second kappa shape index (κ2) is 5.40. The summed E-state index contributed by atoms with van der Waals surface area (Å²) in [5, 5.41) is 7.07. The number of anilines is 2. The minimum absolute atomic E-state index is 0.154. The quantitative estimate of drug-likeness (QED) is 0.718. The molecule has 0 atom stereocenters. The lowest BCUT2D eigenvalue weighted by Gasteiger charge is -2.02. The Morgan fingerprint density at radius 1 is 1.40 bits per heavy atom. The van der Waals surface area contributed by atoms with Crippen molar-refractivity contribution in [3.8, 4) is 0 Å². The lowest BCUT2D eigenvalue weighted by molar-refractivity contribution is 0.0606. The van der Waals surface area contributed by atoms with Crippen molar-refractivity contribution in [1.82, 2.24) is 4.98 Å². The van der Waals surface area contributed by atoms with Crippen LogP contribution in [0.25, 0.3) is 10.1 Å². The summed E-state index contributed by atoms with van der Waals surface area (Å²) in [6, 6.07) is 8.09. The Bertz CT molecular complexity index is 782. The Morgan fingerprint density at radius 3 is 3.05 bits per heavy atom. The van der Waals surface area contributed by atoms with Gasteiger partial charge in [0.25, 0.3) is 0 Å². The Hall–Kier alpha value is -1.63. The van der Waals surface area contributed by atoms with Crippen LogP contribution >= 0.6 is 34.3 Å². The van der Waals surface area contributed by atoms with Crippen LogP contribution in [0.1, 0.15) is 9.67 Å². The lowest BCUT2D eigenvalue weighted by atomic mass is 10.2. The number of thiophene rings is 1. The summed E-state index contributed by atoms with van der Waals surface area (Å²) in [5.74, 6) is -0.478. The topological polar surface area (TPSA) is 51.2 Å². The number of esters is 1. The molecule has 0 radical (unpaired) electrons. The summed E-state index contributed by atoms with van der Waals surface area (Å²) in [7, 11) is 1.32. The van der Waals surface area contributed by atoms with Crippen molar-refractivity contribution in [2.45, 2.75) is 0 Å². The van der Waals surface area contributed by atoms with Crippen molar-refractivity contribution >= 4 is 61.1 Å². The number of halogens is 1. The van der Waals surface area contributed by atoms with E-state index in [1.807, 2.05) is 23.6 Å². The predicted octanol–water partition coefficient (Wildman–Crippen LogP) is 4.54. The van der Waals surface area contributed by atoms with Gasteiger partial charge in [0, 0.05) is 10.4 Å². The summed E-state index contributed by atoms with van der Waals surface area (Å²) in [6.45, 7) is 0. The molecule has 0 spiro atoms. The summed E-state index contributed by atoms with van der Waals surface area (Å²) in [6.07, 6.45) is 0. The third-order valence-corrected chi connectivity index (χ3v) is 4.89. The fraction of sp³-hybridized carbons (Fsp3) is 0.0769. The molecule has 0 aliphatic carbocycles. The average Bonchev–Trinajstić information content (AvgIpc) is 3.04. The molecule has 0 aliphatic heterocycles. The molecular formula is C13H9ClN2O2S2. The molecule has 1 N–H and O–H groups in total. The van der Waals surface area contributed by atoms with Crippen LogP contribution in [0.2, 0.25) is 5.15 Å². The molecule has 0 saturated carbocycles. The zero-order valence-electron chi connectivity index (χ0n) is 10.3. The van der Waals surface area contributed by atoms with Crippen molar-refractivity contribution < 1.29 is 9.53 Å². The first-order valence-corrected chi connectivity index (χ1v) is 7.73. The van der Waals surface area contributed by atoms with Crippen LogP contribution in [0.15, 0.2) is 29.6 Å². The zero-order valence-corrected chi connectivity index (χ0v) is 12.7. The molecule has 0 aliphatic rings. The molecule has 2 aromatic heterocycles. The van der Waals surface area contributed by atoms with Crippen LogP contribution in [-0.4, -0.2) is 18.1 Å². The van der Waals surface area contributed by atoms with E-state index in [0.717, 1.165) is 11.1 Å². The van der Waals surface area contributed by atoms with Crippen LogP contribution in [0.5, 0.6) is 0 Å². The standard InChI is InChI=1S/C13H9ClN2O2S2/c1-18-12(17)10-11(14)16-13(20-10)15-8-2-3-9-7(6-8)4-5-19-9/h2-6H,1H3,(H,15,16). The number of hydrogen-bond acceptors (Lipinski definition) is 6. The minimum Gasteiger partial charge on any atom is -0.465 e. The Labute approximate surface area is 128 Å². The van der Waals surface area contributed by atoms with E-state index in [1.165, 1.54) is 23.1 Å². The summed E-state index contributed by atoms with van der Waals surface area (Å²) in [4.78, 5) is 15.9. The van der Waals surface area contributed by atoms with Crippen molar-refractivity contribution in [1.29, 1.82) is 0 Å². The van der Waals surface area contributed by atoms with Crippen LogP contribution in [-0.2, 0) is 4.74 Å². The molecule has 0 bridgehead atoms. The number of aromatic nitrogens is 1. The van der Waals surface area contributed by atoms with Crippen LogP contribution < -0.4 is 5.32 Å². The number of carbonyl (C=O) groups excluding carboxylic acids is 1. The first kappa shape index (κ1) is 13.4. The predicted molar refractivity (Wildman–Crippen MR) is 83.6 cm³/mol. The van der Waals surface area contributed by atoms with Crippen LogP contribution in [0.3, 0.4) is 0 Å². The highest BCUT2D eigenvalue weighted by Gasteiger charge is 2.17. The molecule has 2 heterocycles. The number of thiazole rings is 1. The average molecular weight is 325 g/mol. The van der Waals surface area contributed by atoms with Crippen molar-refractivity contribution in [3.05, 3.63) is 39.7 Å². The number of fused-ring (bicyclic) bond motifs is 1. The number of rotatable bonds is 3. The van der Waals surface area contributed by atoms with Gasteiger partial charge >= 0.3 is 5.97 Å². The van der Waals surface area contributed by atoms with Crippen molar-refractivity contribution in [2.24, 2.45) is 0 Å². The van der Waals surface area contributed by atoms with E-state index in [4.69, 9.17) is 11.6 Å². The zero-order chi connectivity index (χ0) is 14.1. The fourth-order valence-corrected chi connectivity index (χ4v) is 3.64. The third kappa shape index (κ3) is 2.49. The van der Waals surface area contributed by atoms with E-state index in [9.17, 15) is 4.79 Å². The lowest BCUT2D eigenvalue weighted by Crippen LogP contribution is -1.98. The van der Waals surface area contributed by atoms with E-state index in [0.29, 0.717) is 10.0 Å². The molecule has 0 saturated heterocycles. The number of methoxy groups -OCH3 is 1. The number of hydrogen-bond donors (Lipinski definition) is 1. The highest BCUT2D eigenvalue weighted by atomic mass is 35.5. The van der Waals surface area contributed by atoms with E-state index in [1.54, 1.807) is 11.3 Å². The van der Waals surface area contributed by atoms with Crippen LogP contribution in [0, 0.1) is 0 Å². The third-order valence-electron chi connectivity index (χ3n) is 2.66. The van der Waals surface area contributed by atoms with E-state index >= 15 is 0 Å². The van der Waals surface area contributed by atoms with Gasteiger partial charge in [-0.2, -0.15) is 0 Å². The van der Waals surface area contributed by atoms with Gasteiger partial charge in [-0.15, -0.1) is 11.3 Å². The normalized spacial score (nSPS) is 10.7. The molecule has 102 valence electrons. The van der Waals surface area contributed by atoms with Gasteiger partial charge in [0.05, 0.1) is 7.11 Å². The molecule has 0 fully saturated rings. The molecule has 20 heavy (non-hydrogen) atoms. The van der Waals surface area contributed by atoms with Crippen molar-refractivity contribution in [2.75, 3.05) is 12.4 Å². The van der Waals surface area contributed by atoms with Gasteiger partial charge in [0.1, 0.15) is 0 Å². The van der Waals surface area contributed by atoms with Gasteiger partial charge in [-0.05, 0) is 35.0 Å².